The summed E-state index contributed by atoms with van der Waals surface area (Å²) in [6.07, 6.45) is 0. The molecule has 4 nitrogen and oxygen atoms in total. The molecule has 0 atom stereocenters. The van der Waals surface area contributed by atoms with Crippen molar-refractivity contribution >= 4 is 16.8 Å². The Hall–Kier alpha value is -1.94. The van der Waals surface area contributed by atoms with Crippen molar-refractivity contribution in [1.82, 2.24) is 15.6 Å². The maximum absolute atomic E-state index is 11.8. The fourth-order valence-electron chi connectivity index (χ4n) is 1.58. The van der Waals surface area contributed by atoms with E-state index < -0.39 is 0 Å². The molecule has 2 aromatic rings. The van der Waals surface area contributed by atoms with Crippen LogP contribution < -0.4 is 10.6 Å². The van der Waals surface area contributed by atoms with Gasteiger partial charge in [0.2, 0.25) is 0 Å². The van der Waals surface area contributed by atoms with Crippen molar-refractivity contribution in [2.45, 2.75) is 0 Å². The lowest BCUT2D eigenvalue weighted by atomic mass is 10.2. The maximum Gasteiger partial charge on any atom is 0.269 e. The molecule has 1 aromatic carbocycles. The van der Waals surface area contributed by atoms with E-state index in [1.165, 1.54) is 0 Å². The summed E-state index contributed by atoms with van der Waals surface area (Å²) in [5, 5.41) is 6.81. The monoisotopic (exact) mass is 229 g/mol. The number of carbonyl (C=O) groups excluding carboxylic acids is 1. The molecule has 0 fully saturated rings. The summed E-state index contributed by atoms with van der Waals surface area (Å²) >= 11 is 0. The van der Waals surface area contributed by atoms with Crippen LogP contribution in [0, 0.1) is 0 Å². The summed E-state index contributed by atoms with van der Waals surface area (Å²) in [7, 11) is 1.85. The lowest BCUT2D eigenvalue weighted by molar-refractivity contribution is 0.0949. The molecule has 4 heteroatoms. The number of para-hydroxylation sites is 1. The van der Waals surface area contributed by atoms with Gasteiger partial charge in [0.15, 0.2) is 0 Å². The number of pyridine rings is 1. The average molecular weight is 229 g/mol. The highest BCUT2D eigenvalue weighted by Crippen LogP contribution is 2.11. The fraction of sp³-hybridized carbons (Fsp3) is 0.231. The number of nitrogens with zero attached hydrogens (tertiary/aromatic N) is 1. The Morgan fingerprint density at radius 3 is 2.82 bits per heavy atom. The molecule has 88 valence electrons. The summed E-state index contributed by atoms with van der Waals surface area (Å²) in [6, 6.07) is 11.4. The molecular weight excluding hydrogens is 214 g/mol. The lowest BCUT2D eigenvalue weighted by Gasteiger charge is -2.05. The van der Waals surface area contributed by atoms with Gasteiger partial charge in [-0.2, -0.15) is 0 Å². The van der Waals surface area contributed by atoms with Gasteiger partial charge in [-0.25, -0.2) is 4.98 Å². The summed E-state index contributed by atoms with van der Waals surface area (Å²) in [4.78, 5) is 16.1. The topological polar surface area (TPSA) is 54.0 Å². The first kappa shape index (κ1) is 11.5. The van der Waals surface area contributed by atoms with Crippen molar-refractivity contribution < 1.29 is 4.79 Å². The van der Waals surface area contributed by atoms with E-state index in [1.807, 2.05) is 37.4 Å². The molecular formula is C13H15N3O. The molecule has 0 aliphatic rings. The predicted octanol–water partition coefficient (Wildman–Crippen LogP) is 1.18. The van der Waals surface area contributed by atoms with E-state index in [-0.39, 0.29) is 5.91 Å². The van der Waals surface area contributed by atoms with Crippen molar-refractivity contribution in [3.8, 4) is 0 Å². The van der Waals surface area contributed by atoms with Gasteiger partial charge >= 0.3 is 0 Å². The Labute approximate surface area is 100 Å². The fourth-order valence-corrected chi connectivity index (χ4v) is 1.58. The summed E-state index contributed by atoms with van der Waals surface area (Å²) < 4.78 is 0. The van der Waals surface area contributed by atoms with Crippen LogP contribution >= 0.6 is 0 Å². The predicted molar refractivity (Wildman–Crippen MR) is 68.0 cm³/mol. The van der Waals surface area contributed by atoms with E-state index in [4.69, 9.17) is 0 Å². The van der Waals surface area contributed by atoms with Crippen LogP contribution in [0.25, 0.3) is 10.9 Å². The zero-order chi connectivity index (χ0) is 12.1. The van der Waals surface area contributed by atoms with Crippen LogP contribution in [0.4, 0.5) is 0 Å². The smallest absolute Gasteiger partial charge is 0.269 e. The standard InChI is InChI=1S/C13H15N3O/c1-14-8-9-15-13(17)12-7-6-10-4-2-3-5-11(10)16-12/h2-7,14H,8-9H2,1H3,(H,15,17). The Kier molecular flexibility index (Phi) is 3.67. The number of fused-ring (bicyclic) bond motifs is 1. The van der Waals surface area contributed by atoms with E-state index in [0.717, 1.165) is 17.4 Å². The van der Waals surface area contributed by atoms with Gasteiger partial charge in [0, 0.05) is 18.5 Å². The van der Waals surface area contributed by atoms with Gasteiger partial charge in [0.25, 0.3) is 5.91 Å². The molecule has 2 N–H and O–H groups in total. The van der Waals surface area contributed by atoms with Crippen LogP contribution in [0.1, 0.15) is 10.5 Å². The number of nitrogens with one attached hydrogen (secondary N) is 2. The van der Waals surface area contributed by atoms with Gasteiger partial charge in [-0.05, 0) is 19.2 Å². The first-order valence-corrected chi connectivity index (χ1v) is 5.60. The molecule has 0 aliphatic carbocycles. The van der Waals surface area contributed by atoms with Crippen molar-refractivity contribution in [1.29, 1.82) is 0 Å². The highest BCUT2D eigenvalue weighted by Gasteiger charge is 2.06. The number of carbonyl (C=O) groups is 1. The third-order valence-corrected chi connectivity index (χ3v) is 2.49. The highest BCUT2D eigenvalue weighted by atomic mass is 16.1. The van der Waals surface area contributed by atoms with Gasteiger partial charge in [0.05, 0.1) is 5.52 Å². The second-order valence-electron chi connectivity index (χ2n) is 3.75. The van der Waals surface area contributed by atoms with Crippen molar-refractivity contribution in [2.24, 2.45) is 0 Å². The molecule has 1 heterocycles. The van der Waals surface area contributed by atoms with Crippen LogP contribution in [-0.2, 0) is 0 Å². The molecule has 1 aromatic heterocycles. The van der Waals surface area contributed by atoms with Gasteiger partial charge in [0.1, 0.15) is 5.69 Å². The second-order valence-corrected chi connectivity index (χ2v) is 3.75. The van der Waals surface area contributed by atoms with Crippen LogP contribution in [0.3, 0.4) is 0 Å². The maximum atomic E-state index is 11.8. The minimum absolute atomic E-state index is 0.133. The molecule has 1 amide bonds. The van der Waals surface area contributed by atoms with E-state index in [2.05, 4.69) is 15.6 Å². The Morgan fingerprint density at radius 2 is 2.00 bits per heavy atom. The molecule has 0 aliphatic heterocycles. The van der Waals surface area contributed by atoms with Crippen LogP contribution in [0.2, 0.25) is 0 Å². The SMILES string of the molecule is CNCCNC(=O)c1ccc2ccccc2n1. The van der Waals surface area contributed by atoms with E-state index in [0.29, 0.717) is 12.2 Å². The third kappa shape index (κ3) is 2.79. The van der Waals surface area contributed by atoms with E-state index in [9.17, 15) is 4.79 Å². The van der Waals surface area contributed by atoms with Crippen molar-refractivity contribution in [3.63, 3.8) is 0 Å². The quantitative estimate of drug-likeness (QED) is 0.774. The number of amides is 1. The van der Waals surface area contributed by atoms with E-state index in [1.54, 1.807) is 6.07 Å². The second kappa shape index (κ2) is 5.41. The largest absolute Gasteiger partial charge is 0.349 e. The number of aromatic nitrogens is 1. The number of rotatable bonds is 4. The third-order valence-electron chi connectivity index (χ3n) is 2.49. The van der Waals surface area contributed by atoms with Gasteiger partial charge < -0.3 is 10.6 Å². The first-order valence-electron chi connectivity index (χ1n) is 5.60. The number of hydrogen-bond donors (Lipinski definition) is 2. The molecule has 0 saturated heterocycles. The molecule has 0 radical (unpaired) electrons. The Morgan fingerprint density at radius 1 is 1.18 bits per heavy atom. The normalized spacial score (nSPS) is 10.4. The average Bonchev–Trinajstić information content (AvgIpc) is 2.38. The molecule has 2 rings (SSSR count). The molecule has 0 saturated carbocycles. The van der Waals surface area contributed by atoms with Gasteiger partial charge in [-0.15, -0.1) is 0 Å². The van der Waals surface area contributed by atoms with E-state index >= 15 is 0 Å². The zero-order valence-corrected chi connectivity index (χ0v) is 9.73. The number of benzene rings is 1. The summed E-state index contributed by atoms with van der Waals surface area (Å²) in [5.41, 5.74) is 1.30. The molecule has 0 spiro atoms. The minimum atomic E-state index is -0.133. The Balaban J connectivity index is 2.15. The van der Waals surface area contributed by atoms with Crippen molar-refractivity contribution in [3.05, 3.63) is 42.1 Å². The van der Waals surface area contributed by atoms with Crippen LogP contribution in [-0.4, -0.2) is 31.0 Å². The van der Waals surface area contributed by atoms with Crippen molar-refractivity contribution in [2.75, 3.05) is 20.1 Å². The van der Waals surface area contributed by atoms with Gasteiger partial charge in [-0.1, -0.05) is 24.3 Å². The Bertz CT molecular complexity index is 525. The summed E-state index contributed by atoms with van der Waals surface area (Å²) in [6.45, 7) is 1.35. The minimum Gasteiger partial charge on any atom is -0.349 e. The van der Waals surface area contributed by atoms with Crippen LogP contribution in [0.5, 0.6) is 0 Å². The molecule has 0 unspecified atom stereocenters. The first-order chi connectivity index (χ1) is 8.31. The number of hydrogen-bond acceptors (Lipinski definition) is 3. The molecule has 17 heavy (non-hydrogen) atoms. The zero-order valence-electron chi connectivity index (χ0n) is 9.73. The number of likely N-dealkylation sites (N-methyl/N-ethyl adjacent to an activating group) is 1. The van der Waals surface area contributed by atoms with Crippen LogP contribution in [0.15, 0.2) is 36.4 Å². The lowest BCUT2D eigenvalue weighted by Crippen LogP contribution is -2.30. The van der Waals surface area contributed by atoms with Gasteiger partial charge in [-0.3, -0.25) is 4.79 Å². The summed E-state index contributed by atoms with van der Waals surface area (Å²) in [5.74, 6) is -0.133. The molecule has 0 bridgehead atoms. The highest BCUT2D eigenvalue weighted by molar-refractivity contribution is 5.94.